The smallest absolute Gasteiger partial charge is 0.247 e. The summed E-state index contributed by atoms with van der Waals surface area (Å²) < 4.78 is 5.77. The fourth-order valence-electron chi connectivity index (χ4n) is 3.20. The zero-order valence-electron chi connectivity index (χ0n) is 15.6. The van der Waals surface area contributed by atoms with Crippen LogP contribution in [0.3, 0.4) is 0 Å². The Kier molecular flexibility index (Phi) is 5.54. The monoisotopic (exact) mass is 365 g/mol. The maximum absolute atomic E-state index is 12.5. The number of hydrogen-bond acceptors (Lipinski definition) is 4. The number of likely N-dealkylation sites (tertiary alicyclic amines) is 1. The number of hydrogen-bond donors (Lipinski definition) is 1. The highest BCUT2D eigenvalue weighted by atomic mass is 16.4. The van der Waals surface area contributed by atoms with Crippen molar-refractivity contribution in [1.29, 1.82) is 0 Å². The molecule has 6 nitrogen and oxygen atoms in total. The Labute approximate surface area is 158 Å². The number of allylic oxidation sites excluding steroid dienone is 3. The Morgan fingerprint density at radius 3 is 2.70 bits per heavy atom. The van der Waals surface area contributed by atoms with Crippen molar-refractivity contribution >= 4 is 23.1 Å². The molecule has 3 rings (SSSR count). The summed E-state index contributed by atoms with van der Waals surface area (Å²) in [6.07, 6.45) is 6.74. The van der Waals surface area contributed by atoms with Gasteiger partial charge in [0.1, 0.15) is 6.04 Å². The van der Waals surface area contributed by atoms with Crippen LogP contribution in [0.4, 0.5) is 5.69 Å². The van der Waals surface area contributed by atoms with Crippen LogP contribution in [0.5, 0.6) is 0 Å². The molecule has 2 amide bonds. The van der Waals surface area contributed by atoms with Gasteiger partial charge in [-0.25, -0.2) is 4.98 Å². The lowest BCUT2D eigenvalue weighted by molar-refractivity contribution is -0.134. The van der Waals surface area contributed by atoms with Crippen LogP contribution in [0.2, 0.25) is 0 Å². The Bertz CT molecular complexity index is 880. The maximum atomic E-state index is 12.5. The van der Waals surface area contributed by atoms with E-state index >= 15 is 0 Å². The Hall–Kier alpha value is -3.15. The molecule has 1 aliphatic heterocycles. The summed E-state index contributed by atoms with van der Waals surface area (Å²) in [6.45, 7) is 7.71. The van der Waals surface area contributed by atoms with Crippen LogP contribution in [0.15, 0.2) is 53.6 Å². The Morgan fingerprint density at radius 1 is 1.30 bits per heavy atom. The number of oxazole rings is 1. The molecule has 2 heterocycles. The van der Waals surface area contributed by atoms with Crippen molar-refractivity contribution in [2.24, 2.45) is 0 Å². The molecule has 2 aromatic rings. The highest BCUT2D eigenvalue weighted by molar-refractivity contribution is 5.97. The van der Waals surface area contributed by atoms with Gasteiger partial charge in [-0.2, -0.15) is 0 Å². The summed E-state index contributed by atoms with van der Waals surface area (Å²) in [6, 6.07) is 6.97. The summed E-state index contributed by atoms with van der Waals surface area (Å²) in [5, 5.41) is 2.89. The molecule has 1 aromatic carbocycles. The summed E-state index contributed by atoms with van der Waals surface area (Å²) in [7, 11) is 0. The van der Waals surface area contributed by atoms with E-state index in [1.165, 1.54) is 6.92 Å². The third kappa shape index (κ3) is 4.16. The van der Waals surface area contributed by atoms with Crippen LogP contribution in [-0.4, -0.2) is 34.3 Å². The molecule has 6 heteroatoms. The van der Waals surface area contributed by atoms with Crippen molar-refractivity contribution in [3.05, 3.63) is 55.1 Å². The van der Waals surface area contributed by atoms with Gasteiger partial charge in [0, 0.05) is 30.3 Å². The standard InChI is InChI=1S/C21H23N3O3/c1-4-6-14(2)21-22-13-19(27-21)16-8-10-17(11-9-16)23-20(26)18-7-5-12-24(18)15(3)25/h4,6,8-11,13,18H,1,5,7,12H2,2-3H3,(H,23,26)/b14-6+/t18-/m0/s1. The van der Waals surface area contributed by atoms with Crippen LogP contribution in [0, 0.1) is 0 Å². The molecular formula is C21H23N3O3. The minimum atomic E-state index is -0.390. The number of nitrogens with zero attached hydrogens (tertiary/aromatic N) is 2. The van der Waals surface area contributed by atoms with Crippen molar-refractivity contribution in [2.75, 3.05) is 11.9 Å². The number of amides is 2. The van der Waals surface area contributed by atoms with Gasteiger partial charge in [-0.1, -0.05) is 18.7 Å². The molecule has 1 aromatic heterocycles. The van der Waals surface area contributed by atoms with Gasteiger partial charge in [0.25, 0.3) is 0 Å². The van der Waals surface area contributed by atoms with E-state index in [1.807, 2.05) is 37.3 Å². The second-order valence-electron chi connectivity index (χ2n) is 6.55. The lowest BCUT2D eigenvalue weighted by atomic mass is 10.1. The second-order valence-corrected chi connectivity index (χ2v) is 6.55. The first-order valence-corrected chi connectivity index (χ1v) is 8.93. The van der Waals surface area contributed by atoms with E-state index in [1.54, 1.807) is 17.2 Å². The molecule has 0 bridgehead atoms. The van der Waals surface area contributed by atoms with E-state index in [4.69, 9.17) is 4.42 Å². The third-order valence-corrected chi connectivity index (χ3v) is 4.61. The van der Waals surface area contributed by atoms with Crippen LogP contribution in [-0.2, 0) is 9.59 Å². The van der Waals surface area contributed by atoms with Crippen molar-refractivity contribution in [1.82, 2.24) is 9.88 Å². The van der Waals surface area contributed by atoms with Gasteiger partial charge in [-0.3, -0.25) is 9.59 Å². The average Bonchev–Trinajstić information content (AvgIpc) is 3.32. The minimum absolute atomic E-state index is 0.0649. The number of nitrogens with one attached hydrogen (secondary N) is 1. The Balaban J connectivity index is 1.69. The number of benzene rings is 1. The lowest BCUT2D eigenvalue weighted by Gasteiger charge is -2.22. The van der Waals surface area contributed by atoms with E-state index in [0.717, 1.165) is 17.6 Å². The molecule has 1 atom stereocenters. The molecule has 0 aliphatic carbocycles. The average molecular weight is 365 g/mol. The molecule has 0 radical (unpaired) electrons. The molecule has 27 heavy (non-hydrogen) atoms. The quantitative estimate of drug-likeness (QED) is 0.816. The van der Waals surface area contributed by atoms with Crippen molar-refractivity contribution in [3.63, 3.8) is 0 Å². The maximum Gasteiger partial charge on any atom is 0.247 e. The van der Waals surface area contributed by atoms with Crippen LogP contribution >= 0.6 is 0 Å². The van der Waals surface area contributed by atoms with Crippen molar-refractivity contribution in [2.45, 2.75) is 32.7 Å². The number of rotatable bonds is 5. The summed E-state index contributed by atoms with van der Waals surface area (Å²) in [5.74, 6) is 0.985. The zero-order valence-corrected chi connectivity index (χ0v) is 15.6. The SMILES string of the molecule is C=C/C=C(\C)c1ncc(-c2ccc(NC(=O)[C@@H]3CCCN3C(C)=O)cc2)o1. The molecule has 0 spiro atoms. The van der Waals surface area contributed by atoms with Crippen molar-refractivity contribution < 1.29 is 14.0 Å². The molecule has 0 unspecified atom stereocenters. The van der Waals surface area contributed by atoms with Gasteiger partial charge in [0.2, 0.25) is 17.7 Å². The van der Waals surface area contributed by atoms with Gasteiger partial charge in [0.05, 0.1) is 6.20 Å². The van der Waals surface area contributed by atoms with E-state index in [2.05, 4.69) is 16.9 Å². The first kappa shape index (κ1) is 18.6. The first-order valence-electron chi connectivity index (χ1n) is 8.93. The lowest BCUT2D eigenvalue weighted by Crippen LogP contribution is -2.42. The highest BCUT2D eigenvalue weighted by Gasteiger charge is 2.32. The fourth-order valence-corrected chi connectivity index (χ4v) is 3.20. The third-order valence-electron chi connectivity index (χ3n) is 4.61. The van der Waals surface area contributed by atoms with E-state index in [-0.39, 0.29) is 11.8 Å². The summed E-state index contributed by atoms with van der Waals surface area (Å²) in [5.41, 5.74) is 2.44. The second kappa shape index (κ2) is 8.03. The molecule has 1 N–H and O–H groups in total. The Morgan fingerprint density at radius 2 is 2.04 bits per heavy atom. The number of carbonyl (C=O) groups excluding carboxylic acids is 2. The van der Waals surface area contributed by atoms with E-state index in [9.17, 15) is 9.59 Å². The van der Waals surface area contributed by atoms with Gasteiger partial charge in [-0.15, -0.1) is 0 Å². The highest BCUT2D eigenvalue weighted by Crippen LogP contribution is 2.25. The van der Waals surface area contributed by atoms with Gasteiger partial charge in [-0.05, 0) is 44.0 Å². The van der Waals surface area contributed by atoms with Crippen molar-refractivity contribution in [3.8, 4) is 11.3 Å². The summed E-state index contributed by atoms with van der Waals surface area (Å²) in [4.78, 5) is 30.0. The predicted octanol–water partition coefficient (Wildman–Crippen LogP) is 3.88. The molecule has 140 valence electrons. The van der Waals surface area contributed by atoms with E-state index < -0.39 is 6.04 Å². The van der Waals surface area contributed by atoms with Crippen LogP contribution in [0.25, 0.3) is 16.9 Å². The van der Waals surface area contributed by atoms with Gasteiger partial charge < -0.3 is 14.6 Å². The molecule has 0 saturated carbocycles. The van der Waals surface area contributed by atoms with Gasteiger partial charge in [0.15, 0.2) is 5.76 Å². The first-order chi connectivity index (χ1) is 13.0. The summed E-state index contributed by atoms with van der Waals surface area (Å²) >= 11 is 0. The number of carbonyl (C=O) groups is 2. The van der Waals surface area contributed by atoms with Crippen LogP contribution in [0.1, 0.15) is 32.6 Å². The predicted molar refractivity (Wildman–Crippen MR) is 105 cm³/mol. The van der Waals surface area contributed by atoms with Gasteiger partial charge >= 0.3 is 0 Å². The number of aromatic nitrogens is 1. The zero-order chi connectivity index (χ0) is 19.4. The minimum Gasteiger partial charge on any atom is -0.437 e. The largest absolute Gasteiger partial charge is 0.437 e. The number of anilines is 1. The van der Waals surface area contributed by atoms with Crippen LogP contribution < -0.4 is 5.32 Å². The molecule has 1 saturated heterocycles. The molecule has 1 aliphatic rings. The fraction of sp³-hybridized carbons (Fsp3) is 0.286. The van der Waals surface area contributed by atoms with E-state index in [0.29, 0.717) is 30.3 Å². The molecule has 1 fully saturated rings. The topological polar surface area (TPSA) is 75.4 Å². The normalized spacial score (nSPS) is 17.0. The molecular weight excluding hydrogens is 342 g/mol.